The van der Waals surface area contributed by atoms with Crippen molar-refractivity contribution >= 4 is 43.1 Å². The van der Waals surface area contributed by atoms with E-state index in [4.69, 9.17) is 13.8 Å². The van der Waals surface area contributed by atoms with Crippen LogP contribution < -0.4 is 15.8 Å². The van der Waals surface area contributed by atoms with Crippen LogP contribution in [-0.4, -0.2) is 72.8 Å². The number of nitro groups is 1. The SMILES string of the molecule is Cc1cn(C2CC(O)C(COP(=O)(O)Oc3ccc([N+](=O)[O-])cc3)O2)c(=O)[nH]c1=O.[Na]. The van der Waals surface area contributed by atoms with Crippen molar-refractivity contribution in [3.05, 3.63) is 67.0 Å². The van der Waals surface area contributed by atoms with Crippen LogP contribution in [0.4, 0.5) is 5.69 Å². The van der Waals surface area contributed by atoms with E-state index < -0.39 is 49.0 Å². The third kappa shape index (κ3) is 6.34. The van der Waals surface area contributed by atoms with Gasteiger partial charge >= 0.3 is 13.5 Å². The van der Waals surface area contributed by atoms with Gasteiger partial charge in [-0.2, -0.15) is 0 Å². The number of nitro benzene ring substituents is 1. The van der Waals surface area contributed by atoms with Gasteiger partial charge in [0, 0.05) is 59.9 Å². The number of phosphoric acid groups is 1. The Bertz CT molecular complexity index is 1100. The number of phosphoric ester groups is 1. The predicted octanol–water partition coefficient (Wildman–Crippen LogP) is 0.217. The number of aromatic amines is 1. The minimum Gasteiger partial charge on any atom is -0.404 e. The number of non-ortho nitro benzene ring substituents is 1. The number of ether oxygens (including phenoxy) is 1. The molecule has 1 fully saturated rings. The molecule has 13 nitrogen and oxygen atoms in total. The van der Waals surface area contributed by atoms with Crippen molar-refractivity contribution < 1.29 is 33.3 Å². The van der Waals surface area contributed by atoms with E-state index in [1.165, 1.54) is 13.1 Å². The van der Waals surface area contributed by atoms with Crippen LogP contribution in [0.3, 0.4) is 0 Å². The minimum absolute atomic E-state index is 0. The molecule has 0 aliphatic carbocycles. The second kappa shape index (κ2) is 10.2. The minimum atomic E-state index is -4.62. The quantitative estimate of drug-likeness (QED) is 0.221. The topological polar surface area (TPSA) is 183 Å². The number of hydrogen-bond acceptors (Lipinski definition) is 9. The summed E-state index contributed by atoms with van der Waals surface area (Å²) >= 11 is 0. The van der Waals surface area contributed by atoms with Crippen molar-refractivity contribution in [2.45, 2.75) is 31.8 Å². The van der Waals surface area contributed by atoms with Gasteiger partial charge in [0.25, 0.3) is 11.2 Å². The van der Waals surface area contributed by atoms with E-state index >= 15 is 0 Å². The van der Waals surface area contributed by atoms with Crippen molar-refractivity contribution in [2.75, 3.05) is 6.61 Å². The average Bonchev–Trinajstić information content (AvgIpc) is 3.03. The number of H-pyrrole nitrogens is 1. The number of aromatic nitrogens is 2. The van der Waals surface area contributed by atoms with Gasteiger partial charge in [-0.15, -0.1) is 0 Å². The molecule has 1 radical (unpaired) electrons. The normalized spacial score (nSPS) is 22.4. The molecule has 0 spiro atoms. The van der Waals surface area contributed by atoms with Gasteiger partial charge in [0.15, 0.2) is 0 Å². The molecule has 0 bridgehead atoms. The summed E-state index contributed by atoms with van der Waals surface area (Å²) in [4.78, 5) is 45.4. The summed E-state index contributed by atoms with van der Waals surface area (Å²) < 4.78 is 28.4. The maximum atomic E-state index is 12.1. The summed E-state index contributed by atoms with van der Waals surface area (Å²) in [5.74, 6) is -0.132. The Balaban J connectivity index is 0.00000341. The Morgan fingerprint density at radius 3 is 2.61 bits per heavy atom. The van der Waals surface area contributed by atoms with Crippen molar-refractivity contribution in [1.29, 1.82) is 0 Å². The summed E-state index contributed by atoms with van der Waals surface area (Å²) in [6.45, 7) is 0.966. The Labute approximate surface area is 196 Å². The molecule has 15 heteroatoms. The molecule has 1 saturated heterocycles. The number of aryl methyl sites for hydroxylation is 1. The Hall–Kier alpha value is -1.83. The molecule has 2 aromatic rings. The molecule has 2 heterocycles. The summed E-state index contributed by atoms with van der Waals surface area (Å²) in [6, 6.07) is 4.44. The standard InChI is InChI=1S/C16H18N3O10P.Na/c1-9-7-18(16(22)17-15(9)21)14-6-12(20)13(28-14)8-27-30(25,26)29-11-4-2-10(3-5-11)19(23)24;/h2-5,7,12-14,20H,6,8H2,1H3,(H,25,26)(H,17,21,22);. The smallest absolute Gasteiger partial charge is 0.404 e. The molecule has 0 saturated carbocycles. The second-order valence-corrected chi connectivity index (χ2v) is 7.90. The summed E-state index contributed by atoms with van der Waals surface area (Å²) in [6.07, 6.45) is -1.80. The molecular weight excluding hydrogens is 448 g/mol. The van der Waals surface area contributed by atoms with E-state index in [2.05, 4.69) is 4.98 Å². The number of aliphatic hydroxyl groups is 1. The number of benzene rings is 1. The van der Waals surface area contributed by atoms with Gasteiger partial charge in [-0.1, -0.05) is 0 Å². The van der Waals surface area contributed by atoms with Crippen LogP contribution in [0, 0.1) is 17.0 Å². The second-order valence-electron chi connectivity index (χ2n) is 6.52. The number of aliphatic hydroxyl groups excluding tert-OH is 1. The first kappa shape index (κ1) is 25.4. The molecule has 1 aromatic heterocycles. The van der Waals surface area contributed by atoms with E-state index in [1.54, 1.807) is 0 Å². The number of nitrogens with zero attached hydrogens (tertiary/aromatic N) is 2. The Morgan fingerprint density at radius 2 is 2.00 bits per heavy atom. The van der Waals surface area contributed by atoms with E-state index in [0.29, 0.717) is 0 Å². The van der Waals surface area contributed by atoms with Gasteiger partial charge < -0.3 is 14.4 Å². The van der Waals surface area contributed by atoms with Gasteiger partial charge in [0.1, 0.15) is 18.1 Å². The molecular formula is C16H18N3NaO10P. The van der Waals surface area contributed by atoms with E-state index in [1.807, 2.05) is 0 Å². The molecule has 4 atom stereocenters. The average molecular weight is 466 g/mol. The molecule has 163 valence electrons. The molecule has 1 aliphatic rings. The Kier molecular flexibility index (Phi) is 8.36. The molecule has 3 N–H and O–H groups in total. The zero-order valence-corrected chi connectivity index (χ0v) is 19.4. The maximum Gasteiger partial charge on any atom is 0.527 e. The first-order valence-electron chi connectivity index (χ1n) is 8.63. The predicted molar refractivity (Wildman–Crippen MR) is 106 cm³/mol. The molecule has 31 heavy (non-hydrogen) atoms. The molecule has 4 unspecified atom stereocenters. The molecule has 1 aliphatic heterocycles. The fraction of sp³-hybridized carbons (Fsp3) is 0.375. The number of hydrogen-bond donors (Lipinski definition) is 3. The van der Waals surface area contributed by atoms with E-state index in [9.17, 15) is 34.3 Å². The first-order valence-corrected chi connectivity index (χ1v) is 10.1. The fourth-order valence-electron chi connectivity index (χ4n) is 2.79. The summed E-state index contributed by atoms with van der Waals surface area (Å²) in [5.41, 5.74) is -1.22. The van der Waals surface area contributed by atoms with Crippen molar-refractivity contribution in [1.82, 2.24) is 9.55 Å². The van der Waals surface area contributed by atoms with Gasteiger partial charge in [-0.25, -0.2) is 9.36 Å². The van der Waals surface area contributed by atoms with Gasteiger partial charge in [-0.05, 0) is 19.1 Å². The van der Waals surface area contributed by atoms with Gasteiger partial charge in [0.2, 0.25) is 0 Å². The largest absolute Gasteiger partial charge is 0.527 e. The van der Waals surface area contributed by atoms with Crippen LogP contribution in [0.2, 0.25) is 0 Å². The zero-order chi connectivity index (χ0) is 22.1. The van der Waals surface area contributed by atoms with Crippen molar-refractivity contribution in [2.24, 2.45) is 0 Å². The van der Waals surface area contributed by atoms with E-state index in [0.717, 1.165) is 28.8 Å². The van der Waals surface area contributed by atoms with Crippen molar-refractivity contribution in [3.63, 3.8) is 0 Å². The monoisotopic (exact) mass is 466 g/mol. The maximum absolute atomic E-state index is 12.1. The van der Waals surface area contributed by atoms with Crippen LogP contribution in [0.15, 0.2) is 40.1 Å². The van der Waals surface area contributed by atoms with Gasteiger partial charge in [0.05, 0.1) is 17.6 Å². The van der Waals surface area contributed by atoms with Crippen LogP contribution in [-0.2, 0) is 13.8 Å². The zero-order valence-electron chi connectivity index (χ0n) is 16.5. The summed E-state index contributed by atoms with van der Waals surface area (Å²) in [7, 11) is -4.62. The fourth-order valence-corrected chi connectivity index (χ4v) is 3.57. The molecule has 1 aromatic carbocycles. The number of rotatable bonds is 7. The van der Waals surface area contributed by atoms with Crippen LogP contribution in [0.1, 0.15) is 18.2 Å². The summed E-state index contributed by atoms with van der Waals surface area (Å²) in [5, 5.41) is 20.8. The van der Waals surface area contributed by atoms with Crippen LogP contribution in [0.5, 0.6) is 5.75 Å². The third-order valence-corrected chi connectivity index (χ3v) is 5.25. The molecule has 3 rings (SSSR count). The van der Waals surface area contributed by atoms with Crippen molar-refractivity contribution in [3.8, 4) is 5.75 Å². The first-order chi connectivity index (χ1) is 14.1. The van der Waals surface area contributed by atoms with Crippen LogP contribution >= 0.6 is 7.82 Å². The van der Waals surface area contributed by atoms with Crippen LogP contribution in [0.25, 0.3) is 0 Å². The molecule has 0 amide bonds. The number of nitrogens with one attached hydrogen (secondary N) is 1. The Morgan fingerprint density at radius 1 is 1.35 bits per heavy atom. The third-order valence-electron chi connectivity index (χ3n) is 4.33. The van der Waals surface area contributed by atoms with E-state index in [-0.39, 0.29) is 53.0 Å². The van der Waals surface area contributed by atoms with Gasteiger partial charge in [-0.3, -0.25) is 33.9 Å².